The van der Waals surface area contributed by atoms with Gasteiger partial charge in [0.15, 0.2) is 5.82 Å². The molecule has 5 nitrogen and oxygen atoms in total. The van der Waals surface area contributed by atoms with Gasteiger partial charge in [0.05, 0.1) is 6.54 Å². The van der Waals surface area contributed by atoms with Gasteiger partial charge in [-0.3, -0.25) is 4.90 Å². The van der Waals surface area contributed by atoms with Crippen LogP contribution in [0.4, 0.5) is 0 Å². The highest BCUT2D eigenvalue weighted by atomic mass is 16.5. The van der Waals surface area contributed by atoms with Crippen LogP contribution in [0.1, 0.15) is 25.1 Å². The minimum absolute atomic E-state index is 0.635. The molecule has 0 aliphatic carbocycles. The fourth-order valence-corrected chi connectivity index (χ4v) is 1.83. The molecule has 5 heteroatoms. The fourth-order valence-electron chi connectivity index (χ4n) is 1.83. The number of hydrogen-bond donors (Lipinski definition) is 0. The molecule has 20 heavy (non-hydrogen) atoms. The highest BCUT2D eigenvalue weighted by molar-refractivity contribution is 5.20. The van der Waals surface area contributed by atoms with Crippen molar-refractivity contribution in [2.24, 2.45) is 0 Å². The molecule has 0 atom stereocenters. The SMILES string of the molecule is CCCc1noc(CN(C)CCOc2ccccc2)n1. The summed E-state index contributed by atoms with van der Waals surface area (Å²) in [4.78, 5) is 6.45. The van der Waals surface area contributed by atoms with Gasteiger partial charge >= 0.3 is 0 Å². The highest BCUT2D eigenvalue weighted by Gasteiger charge is 2.08. The Bertz CT molecular complexity index is 499. The Labute approximate surface area is 119 Å². The minimum Gasteiger partial charge on any atom is -0.492 e. The van der Waals surface area contributed by atoms with E-state index < -0.39 is 0 Å². The molecule has 0 N–H and O–H groups in total. The molecule has 0 bridgehead atoms. The van der Waals surface area contributed by atoms with Crippen molar-refractivity contribution >= 4 is 0 Å². The molecule has 1 aromatic carbocycles. The van der Waals surface area contributed by atoms with E-state index in [4.69, 9.17) is 9.26 Å². The number of rotatable bonds is 8. The van der Waals surface area contributed by atoms with Crippen molar-refractivity contribution in [1.82, 2.24) is 15.0 Å². The van der Waals surface area contributed by atoms with Gasteiger partial charge < -0.3 is 9.26 Å². The monoisotopic (exact) mass is 275 g/mol. The normalized spacial score (nSPS) is 10.9. The minimum atomic E-state index is 0.635. The Balaban J connectivity index is 1.70. The molecule has 2 aromatic rings. The molecule has 0 unspecified atom stereocenters. The summed E-state index contributed by atoms with van der Waals surface area (Å²) in [5.74, 6) is 2.34. The molecule has 0 spiro atoms. The first-order valence-corrected chi connectivity index (χ1v) is 6.95. The largest absolute Gasteiger partial charge is 0.492 e. The predicted octanol–water partition coefficient (Wildman–Crippen LogP) is 2.53. The van der Waals surface area contributed by atoms with Crippen molar-refractivity contribution in [3.63, 3.8) is 0 Å². The van der Waals surface area contributed by atoms with Crippen molar-refractivity contribution in [2.75, 3.05) is 20.2 Å². The molecule has 0 amide bonds. The van der Waals surface area contributed by atoms with Crippen LogP contribution in [0, 0.1) is 0 Å². The Morgan fingerprint density at radius 2 is 2.05 bits per heavy atom. The first kappa shape index (κ1) is 14.5. The van der Waals surface area contributed by atoms with E-state index in [0.717, 1.165) is 31.0 Å². The summed E-state index contributed by atoms with van der Waals surface area (Å²) in [6, 6.07) is 9.81. The lowest BCUT2D eigenvalue weighted by molar-refractivity contribution is 0.212. The summed E-state index contributed by atoms with van der Waals surface area (Å²) < 4.78 is 10.9. The number of ether oxygens (including phenoxy) is 1. The molecule has 0 aliphatic rings. The van der Waals surface area contributed by atoms with E-state index in [1.165, 1.54) is 0 Å². The summed E-state index contributed by atoms with van der Waals surface area (Å²) in [6.07, 6.45) is 1.89. The number of aromatic nitrogens is 2. The zero-order valence-electron chi connectivity index (χ0n) is 12.1. The smallest absolute Gasteiger partial charge is 0.240 e. The van der Waals surface area contributed by atoms with Gasteiger partial charge in [0.1, 0.15) is 12.4 Å². The Morgan fingerprint density at radius 3 is 2.80 bits per heavy atom. The third-order valence-corrected chi connectivity index (χ3v) is 2.87. The second-order valence-corrected chi connectivity index (χ2v) is 4.75. The number of aryl methyl sites for hydroxylation is 1. The first-order chi connectivity index (χ1) is 9.78. The van der Waals surface area contributed by atoms with E-state index in [0.29, 0.717) is 19.0 Å². The average Bonchev–Trinajstić information content (AvgIpc) is 2.88. The maximum absolute atomic E-state index is 5.65. The van der Waals surface area contributed by atoms with Crippen LogP contribution >= 0.6 is 0 Å². The van der Waals surface area contributed by atoms with Crippen LogP contribution in [-0.2, 0) is 13.0 Å². The Hall–Kier alpha value is -1.88. The first-order valence-electron chi connectivity index (χ1n) is 6.95. The molecule has 0 fully saturated rings. The molecule has 0 aliphatic heterocycles. The molecule has 0 saturated carbocycles. The number of benzene rings is 1. The molecular formula is C15H21N3O2. The van der Waals surface area contributed by atoms with Crippen molar-refractivity contribution in [3.8, 4) is 5.75 Å². The van der Waals surface area contributed by atoms with Crippen LogP contribution in [0.3, 0.4) is 0 Å². The van der Waals surface area contributed by atoms with Gasteiger partial charge in [-0.05, 0) is 25.6 Å². The lowest BCUT2D eigenvalue weighted by atomic mass is 10.3. The molecule has 1 aromatic heterocycles. The van der Waals surface area contributed by atoms with E-state index in [2.05, 4.69) is 22.0 Å². The lowest BCUT2D eigenvalue weighted by Gasteiger charge is -2.14. The number of para-hydroxylation sites is 1. The van der Waals surface area contributed by atoms with Gasteiger partial charge in [0.25, 0.3) is 0 Å². The standard InChI is InChI=1S/C15H21N3O2/c1-3-7-14-16-15(20-17-14)12-18(2)10-11-19-13-8-5-4-6-9-13/h4-6,8-9H,3,7,10-12H2,1-2H3. The number of likely N-dealkylation sites (N-methyl/N-ethyl adjacent to an activating group) is 1. The van der Waals surface area contributed by atoms with Crippen molar-refractivity contribution in [3.05, 3.63) is 42.0 Å². The molecule has 1 heterocycles. The maximum Gasteiger partial charge on any atom is 0.240 e. The lowest BCUT2D eigenvalue weighted by Crippen LogP contribution is -2.24. The fraction of sp³-hybridized carbons (Fsp3) is 0.467. The zero-order chi connectivity index (χ0) is 14.2. The molecule has 2 rings (SSSR count). The van der Waals surface area contributed by atoms with Gasteiger partial charge in [-0.15, -0.1) is 0 Å². The Kier molecular flexibility index (Phi) is 5.55. The van der Waals surface area contributed by atoms with E-state index in [9.17, 15) is 0 Å². The third-order valence-electron chi connectivity index (χ3n) is 2.87. The van der Waals surface area contributed by atoms with Crippen molar-refractivity contribution in [1.29, 1.82) is 0 Å². The van der Waals surface area contributed by atoms with E-state index >= 15 is 0 Å². The van der Waals surface area contributed by atoms with Gasteiger partial charge in [-0.2, -0.15) is 4.98 Å². The van der Waals surface area contributed by atoms with E-state index in [1.54, 1.807) is 0 Å². The van der Waals surface area contributed by atoms with Crippen LogP contribution in [-0.4, -0.2) is 35.2 Å². The summed E-state index contributed by atoms with van der Waals surface area (Å²) in [5, 5.41) is 3.94. The van der Waals surface area contributed by atoms with Gasteiger partial charge in [0, 0.05) is 13.0 Å². The van der Waals surface area contributed by atoms with Crippen molar-refractivity contribution < 1.29 is 9.26 Å². The second kappa shape index (κ2) is 7.65. The van der Waals surface area contributed by atoms with E-state index in [-0.39, 0.29) is 0 Å². The van der Waals surface area contributed by atoms with E-state index in [1.807, 2.05) is 37.4 Å². The number of hydrogen-bond acceptors (Lipinski definition) is 5. The summed E-state index contributed by atoms with van der Waals surface area (Å²) in [5.41, 5.74) is 0. The van der Waals surface area contributed by atoms with Crippen LogP contribution in [0.2, 0.25) is 0 Å². The number of nitrogens with zero attached hydrogens (tertiary/aromatic N) is 3. The summed E-state index contributed by atoms with van der Waals surface area (Å²) in [7, 11) is 2.01. The van der Waals surface area contributed by atoms with Gasteiger partial charge in [-0.25, -0.2) is 0 Å². The van der Waals surface area contributed by atoms with Gasteiger partial charge in [-0.1, -0.05) is 30.3 Å². The summed E-state index contributed by atoms with van der Waals surface area (Å²) >= 11 is 0. The van der Waals surface area contributed by atoms with Crippen LogP contribution < -0.4 is 4.74 Å². The topological polar surface area (TPSA) is 51.4 Å². The summed E-state index contributed by atoms with van der Waals surface area (Å²) in [6.45, 7) is 4.19. The van der Waals surface area contributed by atoms with Crippen LogP contribution in [0.25, 0.3) is 0 Å². The predicted molar refractivity (Wildman–Crippen MR) is 76.6 cm³/mol. The Morgan fingerprint density at radius 1 is 1.25 bits per heavy atom. The molecule has 0 saturated heterocycles. The highest BCUT2D eigenvalue weighted by Crippen LogP contribution is 2.08. The zero-order valence-corrected chi connectivity index (χ0v) is 12.1. The molecule has 108 valence electrons. The second-order valence-electron chi connectivity index (χ2n) is 4.75. The van der Waals surface area contributed by atoms with Crippen molar-refractivity contribution in [2.45, 2.75) is 26.3 Å². The maximum atomic E-state index is 5.65. The quantitative estimate of drug-likeness (QED) is 0.741. The average molecular weight is 275 g/mol. The van der Waals surface area contributed by atoms with Gasteiger partial charge in [0.2, 0.25) is 5.89 Å². The third kappa shape index (κ3) is 4.66. The molecular weight excluding hydrogens is 254 g/mol. The van der Waals surface area contributed by atoms with Crippen LogP contribution in [0.15, 0.2) is 34.9 Å². The molecule has 0 radical (unpaired) electrons. The van der Waals surface area contributed by atoms with Crippen LogP contribution in [0.5, 0.6) is 5.75 Å².